The van der Waals surface area contributed by atoms with Gasteiger partial charge in [0.1, 0.15) is 0 Å². The Kier molecular flexibility index (Phi) is 5.43. The van der Waals surface area contributed by atoms with Crippen molar-refractivity contribution in [3.8, 4) is 0 Å². The van der Waals surface area contributed by atoms with Crippen molar-refractivity contribution in [2.24, 2.45) is 11.7 Å². The smallest absolute Gasteiger partial charge is 0.00378 e. The Bertz CT molecular complexity index is 243. The van der Waals surface area contributed by atoms with Crippen molar-refractivity contribution in [1.29, 1.82) is 0 Å². The number of aromatic nitrogens is 1. The predicted molar refractivity (Wildman–Crippen MR) is 64.8 cm³/mol. The van der Waals surface area contributed by atoms with Gasteiger partial charge in [0.05, 0.1) is 0 Å². The number of aromatic amines is 1. The number of likely N-dealkylation sites (N-methyl/N-ethyl adjacent to an activating group) is 1. The van der Waals surface area contributed by atoms with Gasteiger partial charge in [-0.05, 0) is 50.5 Å². The third-order valence-corrected chi connectivity index (χ3v) is 2.85. The van der Waals surface area contributed by atoms with Gasteiger partial charge in [-0.15, -0.1) is 0 Å². The maximum absolute atomic E-state index is 5.59. The van der Waals surface area contributed by atoms with Gasteiger partial charge in [-0.1, -0.05) is 6.92 Å². The van der Waals surface area contributed by atoms with Crippen LogP contribution in [0, 0.1) is 5.92 Å². The summed E-state index contributed by atoms with van der Waals surface area (Å²) in [5.74, 6) is 0.639. The maximum Gasteiger partial charge on any atom is 0.00378 e. The van der Waals surface area contributed by atoms with Crippen LogP contribution < -0.4 is 5.73 Å². The van der Waals surface area contributed by atoms with Crippen LogP contribution in [0.3, 0.4) is 0 Å². The molecule has 3 heteroatoms. The van der Waals surface area contributed by atoms with Gasteiger partial charge < -0.3 is 15.6 Å². The summed E-state index contributed by atoms with van der Waals surface area (Å²) in [6.07, 6.45) is 6.36. The largest absolute Gasteiger partial charge is 0.367 e. The minimum Gasteiger partial charge on any atom is -0.367 e. The molecule has 15 heavy (non-hydrogen) atoms. The van der Waals surface area contributed by atoms with E-state index in [4.69, 9.17) is 5.73 Å². The summed E-state index contributed by atoms with van der Waals surface area (Å²) in [6, 6.07) is 2.14. The van der Waals surface area contributed by atoms with Crippen molar-refractivity contribution in [1.82, 2.24) is 9.88 Å². The summed E-state index contributed by atoms with van der Waals surface area (Å²) in [6.45, 7) is 5.27. The fraction of sp³-hybridized carbons (Fsp3) is 0.667. The fourth-order valence-corrected chi connectivity index (χ4v) is 1.50. The Hall–Kier alpha value is -0.800. The SMILES string of the molecule is CC(CN)CCN(C)CCc1cc[nH]c1. The van der Waals surface area contributed by atoms with E-state index >= 15 is 0 Å². The van der Waals surface area contributed by atoms with Crippen LogP contribution in [-0.2, 0) is 6.42 Å². The zero-order valence-corrected chi connectivity index (χ0v) is 9.87. The van der Waals surface area contributed by atoms with Crippen LogP contribution in [0.2, 0.25) is 0 Å². The Morgan fingerprint density at radius 1 is 1.47 bits per heavy atom. The molecule has 1 aromatic heterocycles. The van der Waals surface area contributed by atoms with Gasteiger partial charge in [0.25, 0.3) is 0 Å². The Labute approximate surface area is 92.7 Å². The molecule has 86 valence electrons. The fourth-order valence-electron chi connectivity index (χ4n) is 1.50. The lowest BCUT2D eigenvalue weighted by molar-refractivity contribution is 0.310. The summed E-state index contributed by atoms with van der Waals surface area (Å²) < 4.78 is 0. The van der Waals surface area contributed by atoms with Gasteiger partial charge in [0.15, 0.2) is 0 Å². The van der Waals surface area contributed by atoms with E-state index < -0.39 is 0 Å². The summed E-state index contributed by atoms with van der Waals surface area (Å²) >= 11 is 0. The molecule has 1 unspecified atom stereocenters. The first-order valence-electron chi connectivity index (χ1n) is 5.72. The van der Waals surface area contributed by atoms with Crippen molar-refractivity contribution in [3.63, 3.8) is 0 Å². The summed E-state index contributed by atoms with van der Waals surface area (Å²) in [5.41, 5.74) is 6.97. The normalized spacial score (nSPS) is 13.3. The number of hydrogen-bond donors (Lipinski definition) is 2. The second-order valence-corrected chi connectivity index (χ2v) is 4.40. The molecular formula is C12H23N3. The third-order valence-electron chi connectivity index (χ3n) is 2.85. The molecule has 0 saturated carbocycles. The van der Waals surface area contributed by atoms with Crippen LogP contribution >= 0.6 is 0 Å². The highest BCUT2D eigenvalue weighted by Crippen LogP contribution is 2.02. The summed E-state index contributed by atoms with van der Waals surface area (Å²) in [4.78, 5) is 5.45. The first-order chi connectivity index (χ1) is 7.22. The van der Waals surface area contributed by atoms with Gasteiger partial charge in [0.2, 0.25) is 0 Å². The second-order valence-electron chi connectivity index (χ2n) is 4.40. The highest BCUT2D eigenvalue weighted by Gasteiger charge is 2.03. The second kappa shape index (κ2) is 6.64. The molecule has 1 atom stereocenters. The average Bonchev–Trinajstić information content (AvgIpc) is 2.75. The van der Waals surface area contributed by atoms with E-state index in [0.29, 0.717) is 5.92 Å². The number of hydrogen-bond acceptors (Lipinski definition) is 2. The third kappa shape index (κ3) is 5.00. The number of H-pyrrole nitrogens is 1. The number of rotatable bonds is 7. The molecule has 0 amide bonds. The molecule has 1 heterocycles. The minimum atomic E-state index is 0.639. The number of nitrogens with one attached hydrogen (secondary N) is 1. The molecule has 0 radical (unpaired) electrons. The van der Waals surface area contributed by atoms with Crippen LogP contribution in [0.5, 0.6) is 0 Å². The Morgan fingerprint density at radius 2 is 2.27 bits per heavy atom. The highest BCUT2D eigenvalue weighted by atomic mass is 15.1. The summed E-state index contributed by atoms with van der Waals surface area (Å²) in [7, 11) is 2.18. The molecule has 3 N–H and O–H groups in total. The number of nitrogens with zero attached hydrogens (tertiary/aromatic N) is 1. The maximum atomic E-state index is 5.59. The van der Waals surface area contributed by atoms with Crippen molar-refractivity contribution in [3.05, 3.63) is 24.0 Å². The van der Waals surface area contributed by atoms with E-state index in [1.54, 1.807) is 0 Å². The zero-order valence-electron chi connectivity index (χ0n) is 9.87. The molecule has 0 spiro atoms. The molecule has 0 aliphatic carbocycles. The highest BCUT2D eigenvalue weighted by molar-refractivity contribution is 5.08. The monoisotopic (exact) mass is 209 g/mol. The lowest BCUT2D eigenvalue weighted by Crippen LogP contribution is -2.25. The first-order valence-corrected chi connectivity index (χ1v) is 5.72. The van der Waals surface area contributed by atoms with Crippen molar-refractivity contribution in [2.75, 3.05) is 26.7 Å². The molecule has 0 aromatic carbocycles. The number of nitrogens with two attached hydrogens (primary N) is 1. The quantitative estimate of drug-likeness (QED) is 0.714. The molecule has 0 aliphatic rings. The van der Waals surface area contributed by atoms with Crippen LogP contribution in [0.15, 0.2) is 18.5 Å². The van der Waals surface area contributed by atoms with Crippen LogP contribution in [-0.4, -0.2) is 36.6 Å². The van der Waals surface area contributed by atoms with Crippen molar-refractivity contribution < 1.29 is 0 Å². The lowest BCUT2D eigenvalue weighted by atomic mass is 10.1. The zero-order chi connectivity index (χ0) is 11.1. The van der Waals surface area contributed by atoms with E-state index in [0.717, 1.165) is 26.1 Å². The molecule has 0 fully saturated rings. The van der Waals surface area contributed by atoms with Crippen molar-refractivity contribution >= 4 is 0 Å². The first kappa shape index (κ1) is 12.3. The van der Waals surface area contributed by atoms with Crippen LogP contribution in [0.25, 0.3) is 0 Å². The van der Waals surface area contributed by atoms with Gasteiger partial charge in [-0.2, -0.15) is 0 Å². The van der Waals surface area contributed by atoms with E-state index in [2.05, 4.69) is 36.1 Å². The topological polar surface area (TPSA) is 45.0 Å². The van der Waals surface area contributed by atoms with E-state index in [1.165, 1.54) is 12.0 Å². The lowest BCUT2D eigenvalue weighted by Gasteiger charge is -2.18. The molecule has 1 rings (SSSR count). The summed E-state index contributed by atoms with van der Waals surface area (Å²) in [5, 5.41) is 0. The van der Waals surface area contributed by atoms with Crippen molar-refractivity contribution in [2.45, 2.75) is 19.8 Å². The average molecular weight is 209 g/mol. The minimum absolute atomic E-state index is 0.639. The van der Waals surface area contributed by atoms with Crippen LogP contribution in [0.4, 0.5) is 0 Å². The van der Waals surface area contributed by atoms with E-state index in [-0.39, 0.29) is 0 Å². The van der Waals surface area contributed by atoms with E-state index in [1.807, 2.05) is 6.20 Å². The van der Waals surface area contributed by atoms with E-state index in [9.17, 15) is 0 Å². The molecule has 0 aliphatic heterocycles. The Balaban J connectivity index is 2.11. The molecule has 0 bridgehead atoms. The van der Waals surface area contributed by atoms with Crippen LogP contribution in [0.1, 0.15) is 18.9 Å². The van der Waals surface area contributed by atoms with Gasteiger partial charge >= 0.3 is 0 Å². The van der Waals surface area contributed by atoms with Gasteiger partial charge in [0, 0.05) is 18.9 Å². The predicted octanol–water partition coefficient (Wildman–Crippen LogP) is 1.47. The molecule has 3 nitrogen and oxygen atoms in total. The molecule has 0 saturated heterocycles. The molecule has 1 aromatic rings. The standard InChI is InChI=1S/C12H23N3/c1-11(9-13)4-7-15(2)8-5-12-3-6-14-10-12/h3,6,10-11,14H,4-5,7-9,13H2,1-2H3. The molecular weight excluding hydrogens is 186 g/mol. The van der Waals surface area contributed by atoms with Gasteiger partial charge in [-0.3, -0.25) is 0 Å². The Morgan fingerprint density at radius 3 is 2.87 bits per heavy atom. The van der Waals surface area contributed by atoms with Gasteiger partial charge in [-0.25, -0.2) is 0 Å².